The van der Waals surface area contributed by atoms with Gasteiger partial charge >= 0.3 is 0 Å². The minimum atomic E-state index is -0.273. The Morgan fingerprint density at radius 3 is 2.27 bits per heavy atom. The number of aliphatic imine (C=N–C) groups is 1. The highest BCUT2D eigenvalue weighted by molar-refractivity contribution is 5.85. The molecule has 0 unspecified atom stereocenters. The standard InChI is InChI=1S/C26H20FNO2/c27-22-9-6-7-20(17-22)19-29-26-12-5-4-8-21(26)18-28-23-13-15-25(16-14-23)30-24-10-2-1-3-11-24/h1-18H,19H2. The maximum atomic E-state index is 13.3. The molecule has 0 atom stereocenters. The highest BCUT2D eigenvalue weighted by atomic mass is 19.1. The number of para-hydroxylation sites is 2. The molecule has 148 valence electrons. The first-order valence-corrected chi connectivity index (χ1v) is 9.59. The van der Waals surface area contributed by atoms with E-state index in [0.29, 0.717) is 5.75 Å². The van der Waals surface area contributed by atoms with Crippen molar-refractivity contribution in [3.8, 4) is 17.2 Å². The Morgan fingerprint density at radius 1 is 0.733 bits per heavy atom. The van der Waals surface area contributed by atoms with Gasteiger partial charge in [-0.15, -0.1) is 0 Å². The summed E-state index contributed by atoms with van der Waals surface area (Å²) in [5.41, 5.74) is 2.42. The SMILES string of the molecule is Fc1cccc(COc2ccccc2C=Nc2ccc(Oc3ccccc3)cc2)c1. The van der Waals surface area contributed by atoms with Crippen LogP contribution in [0, 0.1) is 5.82 Å². The third-order valence-electron chi connectivity index (χ3n) is 4.37. The molecule has 4 aromatic rings. The van der Waals surface area contributed by atoms with Crippen molar-refractivity contribution in [3.63, 3.8) is 0 Å². The molecular weight excluding hydrogens is 377 g/mol. The summed E-state index contributed by atoms with van der Waals surface area (Å²) >= 11 is 0. The Hall–Kier alpha value is -3.92. The first-order chi connectivity index (χ1) is 14.8. The van der Waals surface area contributed by atoms with Gasteiger partial charge in [-0.3, -0.25) is 4.99 Å². The van der Waals surface area contributed by atoms with Gasteiger partial charge in [-0.05, 0) is 66.2 Å². The summed E-state index contributed by atoms with van der Waals surface area (Å²) in [6.45, 7) is 0.286. The van der Waals surface area contributed by atoms with Crippen LogP contribution in [-0.2, 0) is 6.61 Å². The predicted molar refractivity (Wildman–Crippen MR) is 117 cm³/mol. The van der Waals surface area contributed by atoms with E-state index in [1.54, 1.807) is 12.3 Å². The quantitative estimate of drug-likeness (QED) is 0.316. The number of ether oxygens (including phenoxy) is 2. The Labute approximate surface area is 175 Å². The lowest BCUT2D eigenvalue weighted by Gasteiger charge is -2.09. The van der Waals surface area contributed by atoms with Crippen molar-refractivity contribution >= 4 is 11.9 Å². The van der Waals surface area contributed by atoms with Gasteiger partial charge in [0.25, 0.3) is 0 Å². The Kier molecular flexibility index (Phi) is 6.16. The van der Waals surface area contributed by atoms with E-state index < -0.39 is 0 Å². The zero-order valence-electron chi connectivity index (χ0n) is 16.2. The van der Waals surface area contributed by atoms with Crippen molar-refractivity contribution in [3.05, 3.63) is 120 Å². The lowest BCUT2D eigenvalue weighted by atomic mass is 10.2. The van der Waals surface area contributed by atoms with Crippen LogP contribution in [0.5, 0.6) is 17.2 Å². The van der Waals surface area contributed by atoms with E-state index in [9.17, 15) is 4.39 Å². The third-order valence-corrected chi connectivity index (χ3v) is 4.37. The first-order valence-electron chi connectivity index (χ1n) is 9.59. The van der Waals surface area contributed by atoms with Gasteiger partial charge in [0.1, 0.15) is 29.7 Å². The summed E-state index contributed by atoms with van der Waals surface area (Å²) in [7, 11) is 0. The summed E-state index contributed by atoms with van der Waals surface area (Å²) in [5, 5.41) is 0. The zero-order valence-corrected chi connectivity index (χ0v) is 16.2. The van der Waals surface area contributed by atoms with Gasteiger partial charge in [-0.2, -0.15) is 0 Å². The van der Waals surface area contributed by atoms with Gasteiger partial charge in [0.15, 0.2) is 0 Å². The van der Waals surface area contributed by atoms with Gasteiger partial charge < -0.3 is 9.47 Å². The molecule has 0 aromatic heterocycles. The van der Waals surface area contributed by atoms with E-state index in [1.807, 2.05) is 84.9 Å². The Balaban J connectivity index is 1.42. The van der Waals surface area contributed by atoms with E-state index in [1.165, 1.54) is 12.1 Å². The van der Waals surface area contributed by atoms with E-state index in [-0.39, 0.29) is 12.4 Å². The highest BCUT2D eigenvalue weighted by Crippen LogP contribution is 2.24. The summed E-state index contributed by atoms with van der Waals surface area (Å²) in [6.07, 6.45) is 1.76. The monoisotopic (exact) mass is 397 g/mol. The largest absolute Gasteiger partial charge is 0.488 e. The topological polar surface area (TPSA) is 30.8 Å². The van der Waals surface area contributed by atoms with Crippen LogP contribution in [0.3, 0.4) is 0 Å². The minimum Gasteiger partial charge on any atom is -0.488 e. The smallest absolute Gasteiger partial charge is 0.128 e. The highest BCUT2D eigenvalue weighted by Gasteiger charge is 2.03. The molecule has 0 spiro atoms. The molecule has 0 amide bonds. The van der Waals surface area contributed by atoms with Crippen LogP contribution in [0.1, 0.15) is 11.1 Å². The fourth-order valence-electron chi connectivity index (χ4n) is 2.88. The van der Waals surface area contributed by atoms with Crippen LogP contribution < -0.4 is 9.47 Å². The van der Waals surface area contributed by atoms with E-state index in [2.05, 4.69) is 4.99 Å². The van der Waals surface area contributed by atoms with Crippen molar-refractivity contribution in [2.45, 2.75) is 6.61 Å². The number of hydrogen-bond acceptors (Lipinski definition) is 3. The van der Waals surface area contributed by atoms with Gasteiger partial charge in [0.05, 0.1) is 5.69 Å². The van der Waals surface area contributed by atoms with Crippen molar-refractivity contribution in [2.75, 3.05) is 0 Å². The zero-order chi connectivity index (χ0) is 20.6. The fourth-order valence-corrected chi connectivity index (χ4v) is 2.88. The second kappa shape index (κ2) is 9.52. The van der Waals surface area contributed by atoms with Gasteiger partial charge in [-0.1, -0.05) is 42.5 Å². The molecule has 0 fully saturated rings. The van der Waals surface area contributed by atoms with Crippen LogP contribution in [0.4, 0.5) is 10.1 Å². The van der Waals surface area contributed by atoms with Crippen LogP contribution in [0.15, 0.2) is 108 Å². The number of halogens is 1. The molecule has 30 heavy (non-hydrogen) atoms. The van der Waals surface area contributed by atoms with Crippen LogP contribution >= 0.6 is 0 Å². The molecule has 3 nitrogen and oxygen atoms in total. The van der Waals surface area contributed by atoms with Gasteiger partial charge in [-0.25, -0.2) is 4.39 Å². The van der Waals surface area contributed by atoms with Gasteiger partial charge in [0, 0.05) is 11.8 Å². The van der Waals surface area contributed by atoms with Crippen molar-refractivity contribution in [1.29, 1.82) is 0 Å². The molecule has 0 aliphatic heterocycles. The molecule has 0 N–H and O–H groups in total. The lowest BCUT2D eigenvalue weighted by molar-refractivity contribution is 0.305. The minimum absolute atomic E-state index is 0.273. The molecule has 0 aliphatic carbocycles. The maximum absolute atomic E-state index is 13.3. The molecule has 4 rings (SSSR count). The predicted octanol–water partition coefficient (Wildman–Crippen LogP) is 6.95. The second-order valence-electron chi connectivity index (χ2n) is 6.62. The molecule has 0 radical (unpaired) electrons. The molecule has 4 aromatic carbocycles. The van der Waals surface area contributed by atoms with Crippen LogP contribution in [0.25, 0.3) is 0 Å². The normalized spacial score (nSPS) is 10.8. The molecule has 0 saturated heterocycles. The molecule has 0 bridgehead atoms. The summed E-state index contributed by atoms with van der Waals surface area (Å²) < 4.78 is 25.0. The number of hydrogen-bond donors (Lipinski definition) is 0. The van der Waals surface area contributed by atoms with Crippen molar-refractivity contribution in [1.82, 2.24) is 0 Å². The summed E-state index contributed by atoms with van der Waals surface area (Å²) in [4.78, 5) is 4.53. The number of rotatable bonds is 7. The van der Waals surface area contributed by atoms with Crippen molar-refractivity contribution in [2.24, 2.45) is 4.99 Å². The molecule has 0 saturated carbocycles. The average Bonchev–Trinajstić information content (AvgIpc) is 2.78. The second-order valence-corrected chi connectivity index (χ2v) is 6.62. The first kappa shape index (κ1) is 19.4. The molecule has 0 heterocycles. The van der Waals surface area contributed by atoms with Crippen LogP contribution in [0.2, 0.25) is 0 Å². The van der Waals surface area contributed by atoms with Gasteiger partial charge in [0.2, 0.25) is 0 Å². The number of benzene rings is 4. The van der Waals surface area contributed by atoms with E-state index in [0.717, 1.165) is 28.3 Å². The molecular formula is C26H20FNO2. The maximum Gasteiger partial charge on any atom is 0.128 e. The fraction of sp³-hybridized carbons (Fsp3) is 0.0385. The van der Waals surface area contributed by atoms with E-state index in [4.69, 9.17) is 9.47 Å². The van der Waals surface area contributed by atoms with Crippen molar-refractivity contribution < 1.29 is 13.9 Å². The van der Waals surface area contributed by atoms with E-state index >= 15 is 0 Å². The summed E-state index contributed by atoms with van der Waals surface area (Å²) in [5.74, 6) is 1.96. The number of nitrogens with zero attached hydrogens (tertiary/aromatic N) is 1. The Bertz CT molecular complexity index is 1130. The molecule has 4 heteroatoms. The average molecular weight is 397 g/mol. The lowest BCUT2D eigenvalue weighted by Crippen LogP contribution is -1.98. The molecule has 0 aliphatic rings. The summed E-state index contributed by atoms with van der Waals surface area (Å²) in [6, 6.07) is 31.2. The Morgan fingerprint density at radius 2 is 1.47 bits per heavy atom. The van der Waals surface area contributed by atoms with Crippen LogP contribution in [-0.4, -0.2) is 6.21 Å². The third kappa shape index (κ3) is 5.32.